The van der Waals surface area contributed by atoms with E-state index in [2.05, 4.69) is 5.32 Å². The summed E-state index contributed by atoms with van der Waals surface area (Å²) < 4.78 is 24.4. The van der Waals surface area contributed by atoms with Crippen LogP contribution in [0.25, 0.3) is 0 Å². The Labute approximate surface area is 168 Å². The Kier molecular flexibility index (Phi) is 6.95. The van der Waals surface area contributed by atoms with E-state index in [1.165, 1.54) is 12.1 Å². The largest absolute Gasteiger partial charge is 0.488 e. The fourth-order valence-electron chi connectivity index (χ4n) is 3.23. The highest BCUT2D eigenvalue weighted by Gasteiger charge is 2.34. The second-order valence-electron chi connectivity index (χ2n) is 6.60. The van der Waals surface area contributed by atoms with E-state index in [1.807, 2.05) is 0 Å². The summed E-state index contributed by atoms with van der Waals surface area (Å²) in [5.41, 5.74) is 0.615. The number of ether oxygens (including phenoxy) is 2. The highest BCUT2D eigenvalue weighted by molar-refractivity contribution is 6.37. The molecular formula is C20H22Cl2FNO3. The number of para-hydroxylation sites is 1. The quantitative estimate of drug-likeness (QED) is 0.714. The summed E-state index contributed by atoms with van der Waals surface area (Å²) in [5, 5.41) is 14.6. The zero-order chi connectivity index (χ0) is 19.3. The van der Waals surface area contributed by atoms with Crippen LogP contribution in [0.15, 0.2) is 42.5 Å². The molecule has 1 unspecified atom stereocenters. The highest BCUT2D eigenvalue weighted by Crippen LogP contribution is 2.33. The summed E-state index contributed by atoms with van der Waals surface area (Å²) in [7, 11) is 0. The molecule has 1 fully saturated rings. The summed E-state index contributed by atoms with van der Waals surface area (Å²) >= 11 is 12.2. The van der Waals surface area contributed by atoms with Crippen LogP contribution in [0.2, 0.25) is 10.0 Å². The Bertz CT molecular complexity index is 731. The maximum Gasteiger partial charge on any atom is 0.156 e. The first-order valence-electron chi connectivity index (χ1n) is 8.84. The fraction of sp³-hybridized carbons (Fsp3) is 0.400. The molecule has 2 N–H and O–H groups in total. The van der Waals surface area contributed by atoms with Crippen molar-refractivity contribution in [2.75, 3.05) is 26.4 Å². The van der Waals surface area contributed by atoms with E-state index in [1.54, 1.807) is 30.3 Å². The zero-order valence-corrected chi connectivity index (χ0v) is 16.3. The van der Waals surface area contributed by atoms with Crippen LogP contribution in [0.3, 0.4) is 0 Å². The normalized spacial score (nSPS) is 17.5. The van der Waals surface area contributed by atoms with Gasteiger partial charge in [0.1, 0.15) is 18.5 Å². The third-order valence-electron chi connectivity index (χ3n) is 4.76. The Balaban J connectivity index is 1.62. The molecule has 0 aliphatic carbocycles. The molecule has 3 rings (SSSR count). The van der Waals surface area contributed by atoms with Crippen LogP contribution < -0.4 is 10.1 Å². The van der Waals surface area contributed by atoms with Crippen molar-refractivity contribution in [1.29, 1.82) is 0 Å². The van der Waals surface area contributed by atoms with Crippen molar-refractivity contribution in [3.8, 4) is 5.75 Å². The summed E-state index contributed by atoms with van der Waals surface area (Å²) in [5.74, 6) is 0.0882. The van der Waals surface area contributed by atoms with Crippen LogP contribution in [0.1, 0.15) is 18.4 Å². The standard InChI is InChI=1S/C20H22Cl2FNO3/c21-17-2-1-3-18(22)19(17)27-13-16(25)12-24-20(8-10-26-11-9-20)14-4-6-15(23)7-5-14/h1-7,16,24-25H,8-13H2. The summed E-state index contributed by atoms with van der Waals surface area (Å²) in [4.78, 5) is 0. The summed E-state index contributed by atoms with van der Waals surface area (Å²) in [6, 6.07) is 11.5. The molecule has 146 valence electrons. The van der Waals surface area contributed by atoms with Crippen LogP contribution in [-0.2, 0) is 10.3 Å². The Morgan fingerprint density at radius 3 is 2.37 bits per heavy atom. The van der Waals surface area contributed by atoms with Gasteiger partial charge in [-0.05, 0) is 42.7 Å². The van der Waals surface area contributed by atoms with Crippen LogP contribution in [-0.4, -0.2) is 37.6 Å². The lowest BCUT2D eigenvalue weighted by molar-refractivity contribution is 0.0257. The van der Waals surface area contributed by atoms with Gasteiger partial charge in [0.15, 0.2) is 5.75 Å². The maximum atomic E-state index is 13.3. The minimum Gasteiger partial charge on any atom is -0.488 e. The lowest BCUT2D eigenvalue weighted by Gasteiger charge is -2.39. The topological polar surface area (TPSA) is 50.7 Å². The average molecular weight is 414 g/mol. The number of nitrogens with one attached hydrogen (secondary N) is 1. The molecule has 27 heavy (non-hydrogen) atoms. The van der Waals surface area contributed by atoms with Gasteiger partial charge in [-0.1, -0.05) is 41.4 Å². The molecule has 0 radical (unpaired) electrons. The molecule has 0 amide bonds. The van der Waals surface area contributed by atoms with Gasteiger partial charge in [0.25, 0.3) is 0 Å². The predicted molar refractivity (Wildman–Crippen MR) is 104 cm³/mol. The minimum absolute atomic E-state index is 0.0481. The molecule has 4 nitrogen and oxygen atoms in total. The van der Waals surface area contributed by atoms with Crippen LogP contribution in [0.4, 0.5) is 4.39 Å². The molecule has 1 heterocycles. The predicted octanol–water partition coefficient (Wildman–Crippen LogP) is 4.17. The second kappa shape index (κ2) is 9.22. The molecular weight excluding hydrogens is 392 g/mol. The Morgan fingerprint density at radius 1 is 1.11 bits per heavy atom. The first kappa shape index (κ1) is 20.4. The molecule has 0 bridgehead atoms. The van der Waals surface area contributed by atoms with Gasteiger partial charge < -0.3 is 19.9 Å². The van der Waals surface area contributed by atoms with Crippen molar-refractivity contribution in [1.82, 2.24) is 5.32 Å². The smallest absolute Gasteiger partial charge is 0.156 e. The van der Waals surface area contributed by atoms with E-state index in [4.69, 9.17) is 32.7 Å². The summed E-state index contributed by atoms with van der Waals surface area (Å²) in [6.07, 6.45) is 0.711. The van der Waals surface area contributed by atoms with Gasteiger partial charge in [-0.15, -0.1) is 0 Å². The molecule has 1 atom stereocenters. The van der Waals surface area contributed by atoms with Gasteiger partial charge in [0.2, 0.25) is 0 Å². The van der Waals surface area contributed by atoms with Crippen LogP contribution >= 0.6 is 23.2 Å². The van der Waals surface area contributed by atoms with E-state index in [-0.39, 0.29) is 18.0 Å². The average Bonchev–Trinajstić information content (AvgIpc) is 2.67. The number of aliphatic hydroxyl groups is 1. The highest BCUT2D eigenvalue weighted by atomic mass is 35.5. The summed E-state index contributed by atoms with van der Waals surface area (Å²) in [6.45, 7) is 1.56. The molecule has 0 spiro atoms. The van der Waals surface area contributed by atoms with E-state index in [9.17, 15) is 9.50 Å². The molecule has 7 heteroatoms. The number of halogens is 3. The van der Waals surface area contributed by atoms with E-state index in [0.29, 0.717) is 35.6 Å². The first-order valence-corrected chi connectivity index (χ1v) is 9.59. The van der Waals surface area contributed by atoms with Gasteiger partial charge in [0.05, 0.1) is 10.0 Å². The van der Waals surface area contributed by atoms with Crippen molar-refractivity contribution in [3.05, 3.63) is 63.9 Å². The molecule has 1 aliphatic rings. The maximum absolute atomic E-state index is 13.3. The lowest BCUT2D eigenvalue weighted by atomic mass is 9.82. The molecule has 1 aliphatic heterocycles. The third kappa shape index (κ3) is 5.12. The SMILES string of the molecule is OC(CNC1(c2ccc(F)cc2)CCOCC1)COc1c(Cl)cccc1Cl. The number of aliphatic hydroxyl groups excluding tert-OH is 1. The van der Waals surface area contributed by atoms with Crippen molar-refractivity contribution in [3.63, 3.8) is 0 Å². The van der Waals surface area contributed by atoms with Crippen molar-refractivity contribution in [2.24, 2.45) is 0 Å². The van der Waals surface area contributed by atoms with Crippen LogP contribution in [0, 0.1) is 5.82 Å². The molecule has 1 saturated heterocycles. The number of rotatable bonds is 7. The van der Waals surface area contributed by atoms with Gasteiger partial charge in [0, 0.05) is 25.3 Å². The number of hydrogen-bond donors (Lipinski definition) is 2. The van der Waals surface area contributed by atoms with E-state index in [0.717, 1.165) is 18.4 Å². The van der Waals surface area contributed by atoms with Gasteiger partial charge in [-0.2, -0.15) is 0 Å². The number of hydrogen-bond acceptors (Lipinski definition) is 4. The first-order chi connectivity index (χ1) is 13.0. The molecule has 2 aromatic rings. The zero-order valence-electron chi connectivity index (χ0n) is 14.8. The fourth-order valence-corrected chi connectivity index (χ4v) is 3.73. The Hall–Kier alpha value is -1.37. The van der Waals surface area contributed by atoms with E-state index < -0.39 is 6.10 Å². The third-order valence-corrected chi connectivity index (χ3v) is 5.35. The van der Waals surface area contributed by atoms with Crippen molar-refractivity contribution >= 4 is 23.2 Å². The lowest BCUT2D eigenvalue weighted by Crippen LogP contribution is -2.50. The second-order valence-corrected chi connectivity index (χ2v) is 7.41. The Morgan fingerprint density at radius 2 is 1.74 bits per heavy atom. The molecule has 2 aromatic carbocycles. The van der Waals surface area contributed by atoms with E-state index >= 15 is 0 Å². The van der Waals surface area contributed by atoms with Crippen molar-refractivity contribution in [2.45, 2.75) is 24.5 Å². The molecule has 0 aromatic heterocycles. The number of benzene rings is 2. The van der Waals surface area contributed by atoms with Crippen molar-refractivity contribution < 1.29 is 19.0 Å². The van der Waals surface area contributed by atoms with Gasteiger partial charge in [-0.3, -0.25) is 0 Å². The van der Waals surface area contributed by atoms with Crippen LogP contribution in [0.5, 0.6) is 5.75 Å². The minimum atomic E-state index is -0.766. The molecule has 0 saturated carbocycles. The van der Waals surface area contributed by atoms with Gasteiger partial charge >= 0.3 is 0 Å². The van der Waals surface area contributed by atoms with Gasteiger partial charge in [-0.25, -0.2) is 4.39 Å². The monoisotopic (exact) mass is 413 g/mol.